The van der Waals surface area contributed by atoms with Crippen molar-refractivity contribution in [2.24, 2.45) is 0 Å². The molecule has 1 aliphatic heterocycles. The van der Waals surface area contributed by atoms with Gasteiger partial charge in [-0.1, -0.05) is 0 Å². The Morgan fingerprint density at radius 3 is 2.67 bits per heavy atom. The summed E-state index contributed by atoms with van der Waals surface area (Å²) in [5.41, 5.74) is 0.413. The second kappa shape index (κ2) is 7.19. The molecule has 0 atom stereocenters. The highest BCUT2D eigenvalue weighted by molar-refractivity contribution is 6.00. The van der Waals surface area contributed by atoms with E-state index in [1.165, 1.54) is 19.2 Å². The van der Waals surface area contributed by atoms with Gasteiger partial charge in [0.15, 0.2) is 5.78 Å². The van der Waals surface area contributed by atoms with Crippen LogP contribution in [0.25, 0.3) is 0 Å². The van der Waals surface area contributed by atoms with Crippen molar-refractivity contribution in [3.8, 4) is 5.75 Å². The standard InChI is InChI=1S/C15H19NO5/c1-20-14-3-2-11(10-12(14)15(18)19)13(17)4-5-16-6-8-21-9-7-16/h2-3,10H,4-9H2,1H3,(H,18,19). The van der Waals surface area contributed by atoms with Crippen molar-refractivity contribution in [1.29, 1.82) is 0 Å². The summed E-state index contributed by atoms with van der Waals surface area (Å²) in [4.78, 5) is 25.5. The Balaban J connectivity index is 2.01. The molecule has 0 radical (unpaired) electrons. The molecule has 6 heteroatoms. The first-order valence-corrected chi connectivity index (χ1v) is 6.86. The van der Waals surface area contributed by atoms with Crippen molar-refractivity contribution >= 4 is 11.8 Å². The molecule has 1 heterocycles. The van der Waals surface area contributed by atoms with Crippen molar-refractivity contribution < 1.29 is 24.2 Å². The van der Waals surface area contributed by atoms with Crippen molar-refractivity contribution in [2.45, 2.75) is 6.42 Å². The Kier molecular flexibility index (Phi) is 5.30. The smallest absolute Gasteiger partial charge is 0.339 e. The number of methoxy groups -OCH3 is 1. The van der Waals surface area contributed by atoms with E-state index in [9.17, 15) is 9.59 Å². The van der Waals surface area contributed by atoms with Crippen molar-refractivity contribution in [2.75, 3.05) is 40.0 Å². The quantitative estimate of drug-likeness (QED) is 0.797. The van der Waals surface area contributed by atoms with E-state index in [1.807, 2.05) is 0 Å². The molecule has 1 aliphatic rings. The molecular weight excluding hydrogens is 274 g/mol. The Labute approximate surface area is 123 Å². The Bertz CT molecular complexity index is 523. The molecule has 1 saturated heterocycles. The first-order valence-electron chi connectivity index (χ1n) is 6.86. The highest BCUT2D eigenvalue weighted by atomic mass is 16.5. The van der Waals surface area contributed by atoms with Crippen LogP contribution in [0.15, 0.2) is 18.2 Å². The van der Waals surface area contributed by atoms with Crippen LogP contribution >= 0.6 is 0 Å². The molecule has 21 heavy (non-hydrogen) atoms. The monoisotopic (exact) mass is 293 g/mol. The molecular formula is C15H19NO5. The van der Waals surface area contributed by atoms with Gasteiger partial charge in [0.2, 0.25) is 0 Å². The van der Waals surface area contributed by atoms with Crippen LogP contribution in [0.5, 0.6) is 5.75 Å². The summed E-state index contributed by atoms with van der Waals surface area (Å²) in [6.07, 6.45) is 0.366. The summed E-state index contributed by atoms with van der Waals surface area (Å²) >= 11 is 0. The number of carbonyl (C=O) groups is 2. The van der Waals surface area contributed by atoms with Crippen molar-refractivity contribution in [3.63, 3.8) is 0 Å². The van der Waals surface area contributed by atoms with Gasteiger partial charge in [-0.2, -0.15) is 0 Å². The zero-order valence-corrected chi connectivity index (χ0v) is 12.0. The largest absolute Gasteiger partial charge is 0.496 e. The first kappa shape index (κ1) is 15.5. The zero-order chi connectivity index (χ0) is 15.2. The minimum atomic E-state index is -1.10. The summed E-state index contributed by atoms with van der Waals surface area (Å²) in [6.45, 7) is 3.71. The fourth-order valence-electron chi connectivity index (χ4n) is 2.28. The first-order chi connectivity index (χ1) is 10.1. The van der Waals surface area contributed by atoms with E-state index in [1.54, 1.807) is 6.07 Å². The molecule has 0 aromatic heterocycles. The van der Waals surface area contributed by atoms with Crippen LogP contribution in [0.3, 0.4) is 0 Å². The highest BCUT2D eigenvalue weighted by Gasteiger charge is 2.16. The van der Waals surface area contributed by atoms with Crippen LogP contribution in [0, 0.1) is 0 Å². The molecule has 1 fully saturated rings. The van der Waals surface area contributed by atoms with Gasteiger partial charge < -0.3 is 14.6 Å². The van der Waals surface area contributed by atoms with Gasteiger partial charge in [-0.15, -0.1) is 0 Å². The van der Waals surface area contributed by atoms with E-state index >= 15 is 0 Å². The lowest BCUT2D eigenvalue weighted by molar-refractivity contribution is 0.0370. The van der Waals surface area contributed by atoms with Gasteiger partial charge in [0, 0.05) is 31.6 Å². The SMILES string of the molecule is COc1ccc(C(=O)CCN2CCOCC2)cc1C(=O)O. The lowest BCUT2D eigenvalue weighted by atomic mass is 10.0. The number of carbonyl (C=O) groups excluding carboxylic acids is 1. The van der Waals surface area contributed by atoms with E-state index in [-0.39, 0.29) is 17.1 Å². The van der Waals surface area contributed by atoms with E-state index in [4.69, 9.17) is 14.6 Å². The molecule has 1 aromatic rings. The minimum absolute atomic E-state index is 0.00900. The normalized spacial score (nSPS) is 15.7. The van der Waals surface area contributed by atoms with Crippen LogP contribution in [0.4, 0.5) is 0 Å². The fourth-order valence-corrected chi connectivity index (χ4v) is 2.28. The molecule has 2 rings (SSSR count). The van der Waals surface area contributed by atoms with Crippen LogP contribution in [-0.2, 0) is 4.74 Å². The number of aromatic carboxylic acids is 1. The summed E-state index contributed by atoms with van der Waals surface area (Å²) < 4.78 is 10.2. The molecule has 0 amide bonds. The summed E-state index contributed by atoms with van der Waals surface area (Å²) in [7, 11) is 1.40. The number of carboxylic acids is 1. The van der Waals surface area contributed by atoms with Crippen LogP contribution < -0.4 is 4.74 Å². The van der Waals surface area contributed by atoms with Gasteiger partial charge in [-0.3, -0.25) is 9.69 Å². The second-order valence-electron chi connectivity index (χ2n) is 4.85. The van der Waals surface area contributed by atoms with Gasteiger partial charge in [-0.25, -0.2) is 4.79 Å². The predicted molar refractivity (Wildman–Crippen MR) is 76.2 cm³/mol. The van der Waals surface area contributed by atoms with Crippen molar-refractivity contribution in [1.82, 2.24) is 4.90 Å². The number of ether oxygens (including phenoxy) is 2. The van der Waals surface area contributed by atoms with E-state index in [0.717, 1.165) is 13.1 Å². The van der Waals surface area contributed by atoms with E-state index < -0.39 is 5.97 Å². The lowest BCUT2D eigenvalue weighted by Gasteiger charge is -2.26. The number of hydrogen-bond donors (Lipinski definition) is 1. The van der Waals surface area contributed by atoms with E-state index in [0.29, 0.717) is 31.7 Å². The summed E-state index contributed by atoms with van der Waals surface area (Å²) in [6, 6.07) is 4.50. The zero-order valence-electron chi connectivity index (χ0n) is 12.0. The molecule has 1 N–H and O–H groups in total. The van der Waals surface area contributed by atoms with Gasteiger partial charge in [0.05, 0.1) is 20.3 Å². The molecule has 0 spiro atoms. The van der Waals surface area contributed by atoms with E-state index in [2.05, 4.69) is 4.90 Å². The number of carboxylic acid groups (broad SMARTS) is 1. The Morgan fingerprint density at radius 1 is 1.33 bits per heavy atom. The molecule has 0 bridgehead atoms. The molecule has 0 saturated carbocycles. The third kappa shape index (κ3) is 4.03. The number of morpholine rings is 1. The third-order valence-corrected chi connectivity index (χ3v) is 3.51. The topological polar surface area (TPSA) is 76.1 Å². The number of nitrogens with zero attached hydrogens (tertiary/aromatic N) is 1. The lowest BCUT2D eigenvalue weighted by Crippen LogP contribution is -2.37. The summed E-state index contributed by atoms with van der Waals surface area (Å²) in [5.74, 6) is -0.909. The molecule has 1 aromatic carbocycles. The van der Waals surface area contributed by atoms with Gasteiger partial charge in [0.1, 0.15) is 11.3 Å². The maximum absolute atomic E-state index is 12.2. The van der Waals surface area contributed by atoms with Crippen LogP contribution in [0.1, 0.15) is 27.1 Å². The summed E-state index contributed by atoms with van der Waals surface area (Å²) in [5, 5.41) is 9.12. The predicted octanol–water partition coefficient (Wildman–Crippen LogP) is 1.30. The van der Waals surface area contributed by atoms with Gasteiger partial charge in [0.25, 0.3) is 0 Å². The number of benzene rings is 1. The number of ketones is 1. The maximum atomic E-state index is 12.2. The molecule has 6 nitrogen and oxygen atoms in total. The number of rotatable bonds is 6. The maximum Gasteiger partial charge on any atom is 0.339 e. The van der Waals surface area contributed by atoms with Gasteiger partial charge >= 0.3 is 5.97 Å². The Morgan fingerprint density at radius 2 is 2.05 bits per heavy atom. The third-order valence-electron chi connectivity index (χ3n) is 3.51. The molecule has 114 valence electrons. The fraction of sp³-hybridized carbons (Fsp3) is 0.467. The average Bonchev–Trinajstić information content (AvgIpc) is 2.52. The molecule has 0 unspecified atom stereocenters. The van der Waals surface area contributed by atoms with Crippen molar-refractivity contribution in [3.05, 3.63) is 29.3 Å². The second-order valence-corrected chi connectivity index (χ2v) is 4.85. The number of hydrogen-bond acceptors (Lipinski definition) is 5. The average molecular weight is 293 g/mol. The minimum Gasteiger partial charge on any atom is -0.496 e. The Hall–Kier alpha value is -1.92. The van der Waals surface area contributed by atoms with Crippen LogP contribution in [-0.4, -0.2) is 61.7 Å². The van der Waals surface area contributed by atoms with Gasteiger partial charge in [-0.05, 0) is 18.2 Å². The molecule has 0 aliphatic carbocycles. The number of Topliss-reactive ketones (excluding diaryl/α,β-unsaturated/α-hetero) is 1. The van der Waals surface area contributed by atoms with Crippen LogP contribution in [0.2, 0.25) is 0 Å². The highest BCUT2D eigenvalue weighted by Crippen LogP contribution is 2.20.